The molecule has 1 atom stereocenters. The Labute approximate surface area is 196 Å². The Morgan fingerprint density at radius 3 is 2.64 bits per heavy atom. The van der Waals surface area contributed by atoms with Crippen molar-refractivity contribution in [2.75, 3.05) is 33.3 Å². The Hall–Kier alpha value is -2.83. The Morgan fingerprint density at radius 1 is 1.21 bits per heavy atom. The minimum Gasteiger partial charge on any atom is -0.496 e. The van der Waals surface area contributed by atoms with Gasteiger partial charge in [-0.1, -0.05) is 26.0 Å². The van der Waals surface area contributed by atoms with Crippen LogP contribution in [0, 0.1) is 12.8 Å². The highest BCUT2D eigenvalue weighted by Gasteiger charge is 2.30. The summed E-state index contributed by atoms with van der Waals surface area (Å²) in [6, 6.07) is 11.8. The van der Waals surface area contributed by atoms with Gasteiger partial charge in [-0.3, -0.25) is 4.90 Å². The quantitative estimate of drug-likeness (QED) is 0.501. The number of carboxylic acids is 1. The fourth-order valence-electron chi connectivity index (χ4n) is 4.86. The molecule has 0 spiro atoms. The molecule has 0 bridgehead atoms. The van der Waals surface area contributed by atoms with Crippen molar-refractivity contribution in [1.29, 1.82) is 0 Å². The van der Waals surface area contributed by atoms with Gasteiger partial charge in [-0.15, -0.1) is 0 Å². The third-order valence-electron chi connectivity index (χ3n) is 6.83. The largest absolute Gasteiger partial charge is 0.496 e. The van der Waals surface area contributed by atoms with Crippen molar-refractivity contribution in [3.8, 4) is 5.75 Å². The summed E-state index contributed by atoms with van der Waals surface area (Å²) >= 11 is 0. The van der Waals surface area contributed by atoms with Gasteiger partial charge in [-0.05, 0) is 61.2 Å². The molecule has 1 aromatic heterocycles. The molecule has 2 N–H and O–H groups in total. The number of nitrogens with one attached hydrogen (secondary N) is 1. The Kier molecular flexibility index (Phi) is 7.05. The van der Waals surface area contributed by atoms with E-state index in [0.29, 0.717) is 11.5 Å². The van der Waals surface area contributed by atoms with Crippen molar-refractivity contribution in [2.45, 2.75) is 39.8 Å². The van der Waals surface area contributed by atoms with Crippen LogP contribution in [0.3, 0.4) is 0 Å². The van der Waals surface area contributed by atoms with E-state index >= 15 is 0 Å². The standard InChI is InChI=1S/C27H35N3O3/c1-18(2)10-12-29-13-14-30(24(17-29)20-5-7-21(8-6-20)27(31)32)16-23-22-9-11-28-26(22)19(3)15-25(23)33-4/h5-9,11,15,18,24,28H,10,12-14,16-17H2,1-4H3,(H,31,32). The lowest BCUT2D eigenvalue weighted by Gasteiger charge is -2.42. The molecule has 0 amide bonds. The SMILES string of the molecule is COc1cc(C)c2[nH]ccc2c1CN1CCN(CCC(C)C)CC1c1ccc(C(=O)O)cc1. The lowest BCUT2D eigenvalue weighted by molar-refractivity contribution is 0.0650. The number of aryl methyl sites for hydroxylation is 1. The fourth-order valence-corrected chi connectivity index (χ4v) is 4.86. The van der Waals surface area contributed by atoms with Crippen LogP contribution in [0.2, 0.25) is 0 Å². The highest BCUT2D eigenvalue weighted by atomic mass is 16.5. The molecule has 0 saturated carbocycles. The number of aromatic amines is 1. The number of methoxy groups -OCH3 is 1. The van der Waals surface area contributed by atoms with Gasteiger partial charge < -0.3 is 19.7 Å². The molecule has 4 rings (SSSR count). The van der Waals surface area contributed by atoms with Crippen LogP contribution < -0.4 is 4.74 Å². The fraction of sp³-hybridized carbons (Fsp3) is 0.444. The number of benzene rings is 2. The summed E-state index contributed by atoms with van der Waals surface area (Å²) in [7, 11) is 1.74. The van der Waals surface area contributed by atoms with E-state index in [-0.39, 0.29) is 6.04 Å². The van der Waals surface area contributed by atoms with E-state index in [2.05, 4.69) is 47.7 Å². The highest BCUT2D eigenvalue weighted by Crippen LogP contribution is 2.35. The van der Waals surface area contributed by atoms with Crippen LogP contribution in [0.5, 0.6) is 5.75 Å². The molecule has 6 heteroatoms. The molecule has 2 aromatic carbocycles. The molecule has 176 valence electrons. The molecule has 1 aliphatic heterocycles. The van der Waals surface area contributed by atoms with Crippen molar-refractivity contribution in [3.05, 3.63) is 64.8 Å². The molecule has 1 unspecified atom stereocenters. The zero-order valence-corrected chi connectivity index (χ0v) is 20.1. The normalized spacial score (nSPS) is 17.7. The van der Waals surface area contributed by atoms with E-state index in [9.17, 15) is 9.90 Å². The van der Waals surface area contributed by atoms with E-state index in [4.69, 9.17) is 4.74 Å². The molecule has 3 aromatic rings. The minimum atomic E-state index is -0.889. The van der Waals surface area contributed by atoms with Crippen molar-refractivity contribution in [2.24, 2.45) is 5.92 Å². The topological polar surface area (TPSA) is 68.8 Å². The summed E-state index contributed by atoms with van der Waals surface area (Å²) < 4.78 is 5.80. The first-order valence-corrected chi connectivity index (χ1v) is 11.8. The van der Waals surface area contributed by atoms with Crippen molar-refractivity contribution in [1.82, 2.24) is 14.8 Å². The van der Waals surface area contributed by atoms with Crippen LogP contribution in [-0.4, -0.2) is 59.1 Å². The van der Waals surface area contributed by atoms with Crippen LogP contribution >= 0.6 is 0 Å². The lowest BCUT2D eigenvalue weighted by Crippen LogP contribution is -2.48. The number of hydrogen-bond donors (Lipinski definition) is 2. The molecule has 6 nitrogen and oxygen atoms in total. The number of nitrogens with zero attached hydrogens (tertiary/aromatic N) is 2. The number of H-pyrrole nitrogens is 1. The molecule has 0 radical (unpaired) electrons. The number of aromatic nitrogens is 1. The van der Waals surface area contributed by atoms with Crippen LogP contribution in [0.25, 0.3) is 10.9 Å². The van der Waals surface area contributed by atoms with Crippen LogP contribution in [0.1, 0.15) is 53.4 Å². The van der Waals surface area contributed by atoms with E-state index in [0.717, 1.165) is 49.6 Å². The molecule has 2 heterocycles. The maximum Gasteiger partial charge on any atom is 0.335 e. The van der Waals surface area contributed by atoms with Gasteiger partial charge in [0.05, 0.1) is 12.7 Å². The van der Waals surface area contributed by atoms with E-state index in [1.165, 1.54) is 22.9 Å². The lowest BCUT2D eigenvalue weighted by atomic mass is 9.98. The molecular formula is C27H35N3O3. The number of carboxylic acid groups (broad SMARTS) is 1. The average Bonchev–Trinajstić information content (AvgIpc) is 3.30. The Bertz CT molecular complexity index is 1100. The summed E-state index contributed by atoms with van der Waals surface area (Å²) in [6.07, 6.45) is 3.17. The number of ether oxygens (including phenoxy) is 1. The van der Waals surface area contributed by atoms with E-state index in [1.807, 2.05) is 18.3 Å². The summed E-state index contributed by atoms with van der Waals surface area (Å²) in [5.41, 5.74) is 5.01. The number of hydrogen-bond acceptors (Lipinski definition) is 4. The Morgan fingerprint density at radius 2 is 1.97 bits per heavy atom. The molecule has 1 aliphatic rings. The summed E-state index contributed by atoms with van der Waals surface area (Å²) in [4.78, 5) is 19.8. The van der Waals surface area contributed by atoms with Gasteiger partial charge in [0.25, 0.3) is 0 Å². The highest BCUT2D eigenvalue weighted by molar-refractivity contribution is 5.88. The van der Waals surface area contributed by atoms with Gasteiger partial charge in [0.2, 0.25) is 0 Å². The van der Waals surface area contributed by atoms with Crippen LogP contribution in [0.4, 0.5) is 0 Å². The van der Waals surface area contributed by atoms with Crippen LogP contribution in [-0.2, 0) is 6.54 Å². The van der Waals surface area contributed by atoms with Gasteiger partial charge >= 0.3 is 5.97 Å². The molecular weight excluding hydrogens is 414 g/mol. The molecule has 0 aliphatic carbocycles. The third-order valence-corrected chi connectivity index (χ3v) is 6.83. The second kappa shape index (κ2) is 9.98. The first kappa shape index (κ1) is 23.3. The second-order valence-corrected chi connectivity index (χ2v) is 9.54. The van der Waals surface area contributed by atoms with Crippen LogP contribution in [0.15, 0.2) is 42.6 Å². The first-order chi connectivity index (χ1) is 15.9. The van der Waals surface area contributed by atoms with E-state index in [1.54, 1.807) is 19.2 Å². The molecule has 1 saturated heterocycles. The minimum absolute atomic E-state index is 0.189. The monoisotopic (exact) mass is 449 g/mol. The predicted octanol–water partition coefficient (Wildman–Crippen LogP) is 5.09. The Balaban J connectivity index is 1.66. The third kappa shape index (κ3) is 5.07. The first-order valence-electron chi connectivity index (χ1n) is 11.8. The summed E-state index contributed by atoms with van der Waals surface area (Å²) in [6.45, 7) is 11.4. The van der Waals surface area contributed by atoms with Gasteiger partial charge in [0.1, 0.15) is 5.75 Å². The number of rotatable bonds is 8. The zero-order valence-electron chi connectivity index (χ0n) is 20.1. The van der Waals surface area contributed by atoms with Crippen molar-refractivity contribution in [3.63, 3.8) is 0 Å². The smallest absolute Gasteiger partial charge is 0.335 e. The van der Waals surface area contributed by atoms with Gasteiger partial charge in [0, 0.05) is 54.9 Å². The van der Waals surface area contributed by atoms with Crippen molar-refractivity contribution >= 4 is 16.9 Å². The number of fused-ring (bicyclic) bond motifs is 1. The average molecular weight is 450 g/mol. The summed E-state index contributed by atoms with van der Waals surface area (Å²) in [5, 5.41) is 10.5. The number of carbonyl (C=O) groups is 1. The maximum atomic E-state index is 11.4. The van der Waals surface area contributed by atoms with Gasteiger partial charge in [0.15, 0.2) is 0 Å². The zero-order chi connectivity index (χ0) is 23.5. The van der Waals surface area contributed by atoms with Gasteiger partial charge in [-0.25, -0.2) is 4.79 Å². The molecule has 33 heavy (non-hydrogen) atoms. The van der Waals surface area contributed by atoms with E-state index < -0.39 is 5.97 Å². The predicted molar refractivity (Wildman–Crippen MR) is 132 cm³/mol. The second-order valence-electron chi connectivity index (χ2n) is 9.54. The van der Waals surface area contributed by atoms with Crippen molar-refractivity contribution < 1.29 is 14.6 Å². The number of piperazine rings is 1. The maximum absolute atomic E-state index is 11.4. The molecule has 1 fully saturated rings. The van der Waals surface area contributed by atoms with Gasteiger partial charge in [-0.2, -0.15) is 0 Å². The summed E-state index contributed by atoms with van der Waals surface area (Å²) in [5.74, 6) is 0.705. The number of aromatic carboxylic acids is 1.